The van der Waals surface area contributed by atoms with E-state index in [9.17, 15) is 4.79 Å². The summed E-state index contributed by atoms with van der Waals surface area (Å²) < 4.78 is 5.15. The fourth-order valence-corrected chi connectivity index (χ4v) is 2.38. The molecule has 0 aromatic rings. The van der Waals surface area contributed by atoms with Crippen molar-refractivity contribution in [2.45, 2.75) is 84.5 Å². The molecule has 0 amide bonds. The average molecular weight is 335 g/mol. The van der Waals surface area contributed by atoms with Crippen LogP contribution in [0.15, 0.2) is 16.6 Å². The maximum absolute atomic E-state index is 11.7. The second-order valence-corrected chi connectivity index (χ2v) is 5.96. The SMILES string of the molecule is CCCCCCCCCCCCOC(=O)C(C#N)=CCC=NCC. The highest BCUT2D eigenvalue weighted by atomic mass is 16.5. The van der Waals surface area contributed by atoms with Crippen molar-refractivity contribution in [3.63, 3.8) is 0 Å². The van der Waals surface area contributed by atoms with Crippen molar-refractivity contribution in [2.75, 3.05) is 13.2 Å². The predicted octanol–water partition coefficient (Wildman–Crippen LogP) is 5.38. The van der Waals surface area contributed by atoms with Crippen molar-refractivity contribution in [2.24, 2.45) is 4.99 Å². The van der Waals surface area contributed by atoms with Gasteiger partial charge in [0.25, 0.3) is 0 Å². The molecule has 4 heteroatoms. The first-order chi connectivity index (χ1) is 11.8. The molecule has 0 aliphatic heterocycles. The van der Waals surface area contributed by atoms with Crippen LogP contribution in [0, 0.1) is 11.3 Å². The van der Waals surface area contributed by atoms with Gasteiger partial charge in [0.05, 0.1) is 6.61 Å². The van der Waals surface area contributed by atoms with E-state index in [2.05, 4.69) is 11.9 Å². The van der Waals surface area contributed by atoms with Crippen LogP contribution < -0.4 is 0 Å². The van der Waals surface area contributed by atoms with Gasteiger partial charge < -0.3 is 4.74 Å². The number of esters is 1. The normalized spacial score (nSPS) is 11.6. The molecule has 0 unspecified atom stereocenters. The van der Waals surface area contributed by atoms with Crippen LogP contribution in [0.4, 0.5) is 0 Å². The van der Waals surface area contributed by atoms with Gasteiger partial charge in [-0.05, 0) is 13.3 Å². The van der Waals surface area contributed by atoms with E-state index < -0.39 is 5.97 Å². The van der Waals surface area contributed by atoms with Crippen molar-refractivity contribution >= 4 is 12.2 Å². The van der Waals surface area contributed by atoms with E-state index in [1.807, 2.05) is 13.0 Å². The lowest BCUT2D eigenvalue weighted by Crippen LogP contribution is -2.08. The molecule has 0 rings (SSSR count). The Kier molecular flexibility index (Phi) is 16.5. The van der Waals surface area contributed by atoms with Gasteiger partial charge in [-0.2, -0.15) is 5.26 Å². The molecule has 0 spiro atoms. The summed E-state index contributed by atoms with van der Waals surface area (Å²) >= 11 is 0. The summed E-state index contributed by atoms with van der Waals surface area (Å²) in [7, 11) is 0. The molecule has 0 atom stereocenters. The van der Waals surface area contributed by atoms with Crippen LogP contribution in [-0.4, -0.2) is 25.3 Å². The molecule has 24 heavy (non-hydrogen) atoms. The van der Waals surface area contributed by atoms with Gasteiger partial charge in [0, 0.05) is 19.2 Å². The molecule has 0 saturated carbocycles. The van der Waals surface area contributed by atoms with Gasteiger partial charge in [0.15, 0.2) is 0 Å². The standard InChI is InChI=1S/C20H34N2O2/c1-3-5-6-7-8-9-10-11-12-13-17-24-20(23)19(18-21)15-14-16-22-4-2/h15-16H,3-14,17H2,1-2H3. The zero-order valence-electron chi connectivity index (χ0n) is 15.6. The van der Waals surface area contributed by atoms with Crippen molar-refractivity contribution < 1.29 is 9.53 Å². The fourth-order valence-electron chi connectivity index (χ4n) is 2.38. The van der Waals surface area contributed by atoms with Gasteiger partial charge in [-0.25, -0.2) is 4.79 Å². The van der Waals surface area contributed by atoms with E-state index in [0.29, 0.717) is 19.6 Å². The van der Waals surface area contributed by atoms with Crippen LogP contribution in [0.1, 0.15) is 84.5 Å². The summed E-state index contributed by atoms with van der Waals surface area (Å²) in [6, 6.07) is 1.89. The molecule has 0 fully saturated rings. The first-order valence-electron chi connectivity index (χ1n) is 9.51. The molecule has 0 aromatic heterocycles. The van der Waals surface area contributed by atoms with Crippen LogP contribution in [0.3, 0.4) is 0 Å². The molecule has 0 aromatic carbocycles. The number of unbranched alkanes of at least 4 members (excludes halogenated alkanes) is 9. The second kappa shape index (κ2) is 17.7. The predicted molar refractivity (Wildman–Crippen MR) is 100 cm³/mol. The van der Waals surface area contributed by atoms with Gasteiger partial charge >= 0.3 is 5.97 Å². The minimum atomic E-state index is -0.515. The van der Waals surface area contributed by atoms with E-state index in [4.69, 9.17) is 10.00 Å². The Balaban J connectivity index is 3.60. The van der Waals surface area contributed by atoms with Crippen molar-refractivity contribution in [3.05, 3.63) is 11.6 Å². The number of aliphatic imine (C=N–C) groups is 1. The average Bonchev–Trinajstić information content (AvgIpc) is 2.59. The first kappa shape index (κ1) is 22.4. The molecule has 0 saturated heterocycles. The van der Waals surface area contributed by atoms with Crippen molar-refractivity contribution in [1.82, 2.24) is 0 Å². The zero-order valence-corrected chi connectivity index (χ0v) is 15.6. The molecule has 0 N–H and O–H groups in total. The summed E-state index contributed by atoms with van der Waals surface area (Å²) in [6.07, 6.45) is 16.2. The molecule has 4 nitrogen and oxygen atoms in total. The minimum Gasteiger partial charge on any atom is -0.462 e. The maximum Gasteiger partial charge on any atom is 0.348 e. The van der Waals surface area contributed by atoms with Gasteiger partial charge in [0.1, 0.15) is 11.6 Å². The van der Waals surface area contributed by atoms with Gasteiger partial charge in [-0.15, -0.1) is 0 Å². The highest BCUT2D eigenvalue weighted by Gasteiger charge is 2.09. The molecule has 0 bridgehead atoms. The lowest BCUT2D eigenvalue weighted by Gasteiger charge is -2.04. The summed E-state index contributed by atoms with van der Waals surface area (Å²) in [5.41, 5.74) is 0.0737. The van der Waals surface area contributed by atoms with Crippen molar-refractivity contribution in [1.29, 1.82) is 5.26 Å². The molecule has 136 valence electrons. The van der Waals surface area contributed by atoms with Crippen LogP contribution in [0.25, 0.3) is 0 Å². The van der Waals surface area contributed by atoms with E-state index in [0.717, 1.165) is 12.8 Å². The number of rotatable bonds is 15. The number of carbonyl (C=O) groups excluding carboxylic acids is 1. The molecule has 0 heterocycles. The number of ether oxygens (including phenoxy) is 1. The van der Waals surface area contributed by atoms with Crippen LogP contribution in [0.2, 0.25) is 0 Å². The largest absolute Gasteiger partial charge is 0.462 e. The molecule has 0 aliphatic rings. The lowest BCUT2D eigenvalue weighted by molar-refractivity contribution is -0.138. The molecule has 0 radical (unpaired) electrons. The smallest absolute Gasteiger partial charge is 0.348 e. The van der Waals surface area contributed by atoms with Crippen LogP contribution >= 0.6 is 0 Å². The number of allylic oxidation sites excluding steroid dienone is 1. The third-order valence-electron chi connectivity index (χ3n) is 3.81. The number of hydrogen-bond acceptors (Lipinski definition) is 4. The summed E-state index contributed by atoms with van der Waals surface area (Å²) in [4.78, 5) is 15.8. The summed E-state index contributed by atoms with van der Waals surface area (Å²) in [5, 5.41) is 8.97. The highest BCUT2D eigenvalue weighted by molar-refractivity contribution is 5.93. The quantitative estimate of drug-likeness (QED) is 0.133. The fraction of sp³-hybridized carbons (Fsp3) is 0.750. The van der Waals surface area contributed by atoms with Gasteiger partial charge in [-0.3, -0.25) is 4.99 Å². The Morgan fingerprint density at radius 3 is 2.12 bits per heavy atom. The number of nitriles is 1. The Morgan fingerprint density at radius 1 is 1.00 bits per heavy atom. The van der Waals surface area contributed by atoms with E-state index in [1.54, 1.807) is 12.3 Å². The Hall–Kier alpha value is -1.63. The number of carbonyl (C=O) groups is 1. The Labute approximate surface area is 148 Å². The molecule has 0 aliphatic carbocycles. The van der Waals surface area contributed by atoms with E-state index in [1.165, 1.54) is 51.4 Å². The number of hydrogen-bond donors (Lipinski definition) is 0. The van der Waals surface area contributed by atoms with E-state index in [-0.39, 0.29) is 5.57 Å². The highest BCUT2D eigenvalue weighted by Crippen LogP contribution is 2.10. The Bertz CT molecular complexity index is 408. The topological polar surface area (TPSA) is 62.5 Å². The molecular formula is C20H34N2O2. The lowest BCUT2D eigenvalue weighted by atomic mass is 10.1. The van der Waals surface area contributed by atoms with Crippen LogP contribution in [0.5, 0.6) is 0 Å². The monoisotopic (exact) mass is 334 g/mol. The second-order valence-electron chi connectivity index (χ2n) is 5.96. The van der Waals surface area contributed by atoms with Gasteiger partial charge in [-0.1, -0.05) is 70.8 Å². The zero-order chi connectivity index (χ0) is 17.9. The van der Waals surface area contributed by atoms with Crippen molar-refractivity contribution in [3.8, 4) is 6.07 Å². The summed E-state index contributed by atoms with van der Waals surface area (Å²) in [5.74, 6) is -0.515. The third kappa shape index (κ3) is 14.0. The number of nitrogens with zero attached hydrogens (tertiary/aromatic N) is 2. The summed E-state index contributed by atoms with van der Waals surface area (Å²) in [6.45, 7) is 5.28. The van der Waals surface area contributed by atoms with Gasteiger partial charge in [0.2, 0.25) is 0 Å². The van der Waals surface area contributed by atoms with E-state index >= 15 is 0 Å². The Morgan fingerprint density at radius 2 is 1.58 bits per heavy atom. The van der Waals surface area contributed by atoms with Crippen LogP contribution in [-0.2, 0) is 9.53 Å². The third-order valence-corrected chi connectivity index (χ3v) is 3.81. The molecular weight excluding hydrogens is 300 g/mol. The first-order valence-corrected chi connectivity index (χ1v) is 9.51. The minimum absolute atomic E-state index is 0.0737. The maximum atomic E-state index is 11.7.